The second-order valence-electron chi connectivity index (χ2n) is 2.20. The van der Waals surface area contributed by atoms with Gasteiger partial charge in [0.25, 0.3) is 0 Å². The Morgan fingerprint density at radius 3 is 2.15 bits per heavy atom. The number of hydrogen-bond acceptors (Lipinski definition) is 1. The minimum atomic E-state index is -4.44. The lowest BCUT2D eigenvalue weighted by atomic mass is 10.2. The van der Waals surface area contributed by atoms with Crippen LogP contribution in [0.3, 0.4) is 0 Å². The predicted molar refractivity (Wildman–Crippen MR) is 48.1 cm³/mol. The van der Waals surface area contributed by atoms with Crippen LogP contribution in [0.4, 0.5) is 18.9 Å². The lowest BCUT2D eigenvalue weighted by molar-refractivity contribution is -0.136. The average molecular weight is 232 g/mol. The van der Waals surface area contributed by atoms with Gasteiger partial charge in [-0.15, -0.1) is 12.4 Å². The molecule has 0 aliphatic carbocycles. The van der Waals surface area contributed by atoms with Crippen LogP contribution in [0.1, 0.15) is 5.56 Å². The molecule has 0 saturated carbocycles. The first-order valence-corrected chi connectivity index (χ1v) is 3.42. The zero-order chi connectivity index (χ0) is 9.35. The van der Waals surface area contributed by atoms with E-state index in [1.165, 1.54) is 12.1 Å². The molecule has 0 aromatic heterocycles. The SMILES string of the molecule is Cl.Nc1c(Cl)cccc1C(F)(F)F. The topological polar surface area (TPSA) is 26.0 Å². The molecule has 1 rings (SSSR count). The van der Waals surface area contributed by atoms with Crippen molar-refractivity contribution in [2.45, 2.75) is 6.18 Å². The standard InChI is InChI=1S/C7H5ClF3N.ClH/c8-5-3-1-2-4(6(5)12)7(9,10)11;/h1-3H,12H2;1H. The third kappa shape index (κ3) is 2.67. The maximum Gasteiger partial charge on any atom is 0.418 e. The predicted octanol–water partition coefficient (Wildman–Crippen LogP) is 3.36. The molecule has 6 heteroatoms. The van der Waals surface area contributed by atoms with Gasteiger partial charge in [-0.25, -0.2) is 0 Å². The minimum absolute atomic E-state index is 0. The monoisotopic (exact) mass is 231 g/mol. The fraction of sp³-hybridized carbons (Fsp3) is 0.143. The summed E-state index contributed by atoms with van der Waals surface area (Å²) in [6.07, 6.45) is -4.44. The number of nitrogens with two attached hydrogens (primary N) is 1. The molecule has 0 heterocycles. The van der Waals surface area contributed by atoms with Crippen molar-refractivity contribution in [2.75, 3.05) is 5.73 Å². The number of benzene rings is 1. The van der Waals surface area contributed by atoms with Crippen molar-refractivity contribution in [3.05, 3.63) is 28.8 Å². The molecule has 0 aliphatic heterocycles. The second kappa shape index (κ2) is 4.07. The molecular weight excluding hydrogens is 226 g/mol. The number of halogens is 5. The Balaban J connectivity index is 0.00000144. The first-order chi connectivity index (χ1) is 5.43. The highest BCUT2D eigenvalue weighted by atomic mass is 35.5. The smallest absolute Gasteiger partial charge is 0.397 e. The molecule has 0 radical (unpaired) electrons. The summed E-state index contributed by atoms with van der Waals surface area (Å²) in [7, 11) is 0. The van der Waals surface area contributed by atoms with Gasteiger partial charge in [0.05, 0.1) is 16.3 Å². The van der Waals surface area contributed by atoms with E-state index in [9.17, 15) is 13.2 Å². The molecule has 0 saturated heterocycles. The number of hydrogen-bond donors (Lipinski definition) is 1. The van der Waals surface area contributed by atoms with Crippen LogP contribution in [0.5, 0.6) is 0 Å². The number of alkyl halides is 3. The van der Waals surface area contributed by atoms with Crippen LogP contribution in [-0.2, 0) is 6.18 Å². The van der Waals surface area contributed by atoms with Crippen LogP contribution in [0.15, 0.2) is 18.2 Å². The van der Waals surface area contributed by atoms with E-state index in [0.717, 1.165) is 6.07 Å². The Morgan fingerprint density at radius 2 is 1.77 bits per heavy atom. The summed E-state index contributed by atoms with van der Waals surface area (Å²) < 4.78 is 36.3. The molecule has 2 N–H and O–H groups in total. The average Bonchev–Trinajstić information content (AvgIpc) is 1.92. The lowest BCUT2D eigenvalue weighted by Gasteiger charge is -2.09. The molecule has 13 heavy (non-hydrogen) atoms. The first kappa shape index (κ1) is 12.4. The van der Waals surface area contributed by atoms with Gasteiger partial charge >= 0.3 is 6.18 Å². The summed E-state index contributed by atoms with van der Waals surface area (Å²) in [6, 6.07) is 3.41. The van der Waals surface area contributed by atoms with Crippen LogP contribution in [0.25, 0.3) is 0 Å². The van der Waals surface area contributed by atoms with E-state index in [0.29, 0.717) is 0 Å². The summed E-state index contributed by atoms with van der Waals surface area (Å²) in [5.74, 6) is 0. The van der Waals surface area contributed by atoms with E-state index < -0.39 is 17.4 Å². The van der Waals surface area contributed by atoms with Crippen molar-refractivity contribution < 1.29 is 13.2 Å². The second-order valence-corrected chi connectivity index (χ2v) is 2.61. The van der Waals surface area contributed by atoms with Crippen molar-refractivity contribution in [3.8, 4) is 0 Å². The Morgan fingerprint density at radius 1 is 1.23 bits per heavy atom. The summed E-state index contributed by atoms with van der Waals surface area (Å²) >= 11 is 5.39. The molecule has 74 valence electrons. The van der Waals surface area contributed by atoms with E-state index in [1.54, 1.807) is 0 Å². The molecule has 0 unspecified atom stereocenters. The van der Waals surface area contributed by atoms with E-state index in [4.69, 9.17) is 17.3 Å². The van der Waals surface area contributed by atoms with Crippen molar-refractivity contribution in [1.29, 1.82) is 0 Å². The third-order valence-electron chi connectivity index (χ3n) is 1.36. The summed E-state index contributed by atoms with van der Waals surface area (Å²) in [6.45, 7) is 0. The molecule has 0 aliphatic rings. The van der Waals surface area contributed by atoms with Gasteiger partial charge in [-0.2, -0.15) is 13.2 Å². The first-order valence-electron chi connectivity index (χ1n) is 3.04. The molecule has 0 spiro atoms. The van der Waals surface area contributed by atoms with Crippen LogP contribution in [-0.4, -0.2) is 0 Å². The highest BCUT2D eigenvalue weighted by Crippen LogP contribution is 2.36. The quantitative estimate of drug-likeness (QED) is 0.682. The van der Waals surface area contributed by atoms with Gasteiger partial charge in [-0.1, -0.05) is 17.7 Å². The Kier molecular flexibility index (Phi) is 3.88. The van der Waals surface area contributed by atoms with Gasteiger partial charge in [-0.05, 0) is 12.1 Å². The van der Waals surface area contributed by atoms with Crippen molar-refractivity contribution in [2.24, 2.45) is 0 Å². The Bertz CT molecular complexity index is 298. The number of anilines is 1. The fourth-order valence-corrected chi connectivity index (χ4v) is 0.959. The number of nitrogen functional groups attached to an aromatic ring is 1. The van der Waals surface area contributed by atoms with Crippen molar-refractivity contribution in [1.82, 2.24) is 0 Å². The normalized spacial score (nSPS) is 10.8. The molecule has 1 aromatic rings. The summed E-state index contributed by atoms with van der Waals surface area (Å²) in [4.78, 5) is 0. The Labute approximate surface area is 84.1 Å². The van der Waals surface area contributed by atoms with Crippen LogP contribution >= 0.6 is 24.0 Å². The third-order valence-corrected chi connectivity index (χ3v) is 1.69. The molecule has 1 aromatic carbocycles. The maximum atomic E-state index is 12.1. The summed E-state index contributed by atoms with van der Waals surface area (Å²) in [5.41, 5.74) is 3.80. The largest absolute Gasteiger partial charge is 0.418 e. The minimum Gasteiger partial charge on any atom is -0.397 e. The van der Waals surface area contributed by atoms with Gasteiger partial charge in [0.15, 0.2) is 0 Å². The Hall–Kier alpha value is -0.610. The molecule has 0 bridgehead atoms. The zero-order valence-corrected chi connectivity index (χ0v) is 7.80. The molecular formula is C7H6Cl2F3N. The van der Waals surface area contributed by atoms with E-state index in [1.807, 2.05) is 0 Å². The van der Waals surface area contributed by atoms with Crippen LogP contribution in [0, 0.1) is 0 Å². The molecule has 0 atom stereocenters. The number of rotatable bonds is 0. The molecule has 0 amide bonds. The number of para-hydroxylation sites is 1. The molecule has 0 fully saturated rings. The van der Waals surface area contributed by atoms with E-state index in [2.05, 4.69) is 0 Å². The van der Waals surface area contributed by atoms with Gasteiger partial charge in [0, 0.05) is 0 Å². The molecule has 1 nitrogen and oxygen atoms in total. The van der Waals surface area contributed by atoms with E-state index in [-0.39, 0.29) is 17.4 Å². The van der Waals surface area contributed by atoms with Gasteiger partial charge in [-0.3, -0.25) is 0 Å². The fourth-order valence-electron chi connectivity index (χ4n) is 0.784. The van der Waals surface area contributed by atoms with E-state index >= 15 is 0 Å². The van der Waals surface area contributed by atoms with Crippen molar-refractivity contribution >= 4 is 29.7 Å². The van der Waals surface area contributed by atoms with Crippen molar-refractivity contribution in [3.63, 3.8) is 0 Å². The highest BCUT2D eigenvalue weighted by Gasteiger charge is 2.33. The van der Waals surface area contributed by atoms with Crippen LogP contribution < -0.4 is 5.73 Å². The van der Waals surface area contributed by atoms with Gasteiger partial charge in [0.2, 0.25) is 0 Å². The van der Waals surface area contributed by atoms with Gasteiger partial charge < -0.3 is 5.73 Å². The summed E-state index contributed by atoms with van der Waals surface area (Å²) in [5, 5.41) is -0.0789. The highest BCUT2D eigenvalue weighted by molar-refractivity contribution is 6.33. The van der Waals surface area contributed by atoms with Gasteiger partial charge in [0.1, 0.15) is 0 Å². The lowest BCUT2D eigenvalue weighted by Crippen LogP contribution is -2.08. The zero-order valence-electron chi connectivity index (χ0n) is 6.23. The van der Waals surface area contributed by atoms with Crippen LogP contribution in [0.2, 0.25) is 5.02 Å². The maximum absolute atomic E-state index is 12.1.